The van der Waals surface area contributed by atoms with Crippen LogP contribution < -0.4 is 16.0 Å². The van der Waals surface area contributed by atoms with Crippen LogP contribution in [0.3, 0.4) is 0 Å². The maximum absolute atomic E-state index is 5.84. The van der Waals surface area contributed by atoms with Crippen molar-refractivity contribution in [3.05, 3.63) is 29.3 Å². The number of hydrazine groups is 1. The fraction of sp³-hybridized carbons (Fsp3) is 0.571. The zero-order valence-electron chi connectivity index (χ0n) is 10.6. The van der Waals surface area contributed by atoms with Crippen molar-refractivity contribution in [3.8, 4) is 5.75 Å². The van der Waals surface area contributed by atoms with E-state index in [0.717, 1.165) is 10.8 Å². The van der Waals surface area contributed by atoms with Gasteiger partial charge in [0.25, 0.3) is 0 Å². The highest BCUT2D eigenvalue weighted by molar-refractivity contribution is 6.30. The lowest BCUT2D eigenvalue weighted by Crippen LogP contribution is -2.45. The van der Waals surface area contributed by atoms with Gasteiger partial charge in [-0.3, -0.25) is 11.3 Å². The Kier molecular flexibility index (Phi) is 5.29. The molecular weight excluding hydrogens is 248 g/mol. The van der Waals surface area contributed by atoms with Crippen LogP contribution in [0.1, 0.15) is 32.1 Å². The van der Waals surface area contributed by atoms with Gasteiger partial charge in [-0.25, -0.2) is 0 Å². The number of halogens is 1. The first-order valence-electron chi connectivity index (χ1n) is 6.64. The molecule has 1 aromatic carbocycles. The average molecular weight is 269 g/mol. The second-order valence-corrected chi connectivity index (χ2v) is 5.37. The molecule has 0 aliphatic heterocycles. The summed E-state index contributed by atoms with van der Waals surface area (Å²) in [5, 5.41) is 0.725. The maximum Gasteiger partial charge on any atom is 0.119 e. The van der Waals surface area contributed by atoms with Gasteiger partial charge in [-0.2, -0.15) is 0 Å². The minimum absolute atomic E-state index is 0.237. The van der Waals surface area contributed by atoms with E-state index in [-0.39, 0.29) is 6.04 Å². The molecule has 1 aliphatic rings. The Balaban J connectivity index is 1.84. The largest absolute Gasteiger partial charge is 0.492 e. The first-order valence-corrected chi connectivity index (χ1v) is 7.02. The van der Waals surface area contributed by atoms with Crippen molar-refractivity contribution in [2.45, 2.75) is 38.1 Å². The molecule has 1 aromatic rings. The molecule has 3 nitrogen and oxygen atoms in total. The first-order chi connectivity index (χ1) is 8.79. The van der Waals surface area contributed by atoms with Crippen molar-refractivity contribution in [2.24, 2.45) is 11.8 Å². The minimum atomic E-state index is 0.237. The van der Waals surface area contributed by atoms with Crippen LogP contribution >= 0.6 is 11.6 Å². The molecule has 0 bridgehead atoms. The Labute approximate surface area is 114 Å². The van der Waals surface area contributed by atoms with Gasteiger partial charge in [0.05, 0.1) is 6.04 Å². The summed E-state index contributed by atoms with van der Waals surface area (Å²) in [4.78, 5) is 0. The molecule has 4 heteroatoms. The van der Waals surface area contributed by atoms with Crippen LogP contribution in [0.15, 0.2) is 24.3 Å². The van der Waals surface area contributed by atoms with E-state index in [1.165, 1.54) is 32.1 Å². The van der Waals surface area contributed by atoms with Gasteiger partial charge in [-0.1, -0.05) is 30.9 Å². The zero-order chi connectivity index (χ0) is 12.8. The molecule has 0 amide bonds. The molecule has 18 heavy (non-hydrogen) atoms. The monoisotopic (exact) mass is 268 g/mol. The fourth-order valence-corrected chi connectivity index (χ4v) is 2.70. The normalized spacial score (nSPS) is 18.6. The first kappa shape index (κ1) is 13.7. The van der Waals surface area contributed by atoms with Crippen molar-refractivity contribution >= 4 is 11.6 Å². The lowest BCUT2D eigenvalue weighted by Gasteiger charge is -2.29. The summed E-state index contributed by atoms with van der Waals surface area (Å²) in [6.07, 6.45) is 6.47. The molecular formula is C14H21ClN2O. The molecule has 1 unspecified atom stereocenters. The third-order valence-electron chi connectivity index (χ3n) is 3.68. The molecule has 0 radical (unpaired) electrons. The van der Waals surface area contributed by atoms with E-state index in [0.29, 0.717) is 12.5 Å². The number of benzene rings is 1. The Morgan fingerprint density at radius 3 is 2.50 bits per heavy atom. The van der Waals surface area contributed by atoms with Gasteiger partial charge in [0.1, 0.15) is 12.4 Å². The van der Waals surface area contributed by atoms with E-state index in [9.17, 15) is 0 Å². The molecule has 1 atom stereocenters. The van der Waals surface area contributed by atoms with E-state index in [2.05, 4.69) is 5.43 Å². The van der Waals surface area contributed by atoms with Gasteiger partial charge in [-0.15, -0.1) is 0 Å². The summed E-state index contributed by atoms with van der Waals surface area (Å²) < 4.78 is 5.77. The third kappa shape index (κ3) is 3.87. The molecule has 0 spiro atoms. The Bertz CT molecular complexity index is 349. The van der Waals surface area contributed by atoms with E-state index in [1.54, 1.807) is 0 Å². The lowest BCUT2D eigenvalue weighted by atomic mass is 9.84. The van der Waals surface area contributed by atoms with Gasteiger partial charge < -0.3 is 4.74 Å². The molecule has 1 fully saturated rings. The van der Waals surface area contributed by atoms with E-state index >= 15 is 0 Å². The van der Waals surface area contributed by atoms with Gasteiger partial charge in [-0.05, 0) is 43.0 Å². The van der Waals surface area contributed by atoms with Gasteiger partial charge >= 0.3 is 0 Å². The topological polar surface area (TPSA) is 47.3 Å². The summed E-state index contributed by atoms with van der Waals surface area (Å²) in [6, 6.07) is 7.68. The van der Waals surface area contributed by atoms with E-state index < -0.39 is 0 Å². The van der Waals surface area contributed by atoms with Crippen molar-refractivity contribution < 1.29 is 4.74 Å². The molecule has 2 rings (SSSR count). The molecule has 1 saturated carbocycles. The predicted molar refractivity (Wildman–Crippen MR) is 74.6 cm³/mol. The fourth-order valence-electron chi connectivity index (χ4n) is 2.57. The molecule has 3 N–H and O–H groups in total. The van der Waals surface area contributed by atoms with Crippen LogP contribution in [0.5, 0.6) is 5.75 Å². The Morgan fingerprint density at radius 2 is 1.89 bits per heavy atom. The smallest absolute Gasteiger partial charge is 0.119 e. The zero-order valence-corrected chi connectivity index (χ0v) is 11.3. The third-order valence-corrected chi connectivity index (χ3v) is 3.93. The number of nitrogens with two attached hydrogens (primary N) is 1. The van der Waals surface area contributed by atoms with Crippen LogP contribution in [-0.4, -0.2) is 12.6 Å². The van der Waals surface area contributed by atoms with Crippen molar-refractivity contribution in [1.29, 1.82) is 0 Å². The van der Waals surface area contributed by atoms with Gasteiger partial charge in [0.15, 0.2) is 0 Å². The molecule has 0 saturated heterocycles. The average Bonchev–Trinajstić information content (AvgIpc) is 2.43. The summed E-state index contributed by atoms with van der Waals surface area (Å²) in [6.45, 7) is 0.614. The summed E-state index contributed by atoms with van der Waals surface area (Å²) >= 11 is 5.84. The molecule has 100 valence electrons. The van der Waals surface area contributed by atoms with Crippen LogP contribution in [0.4, 0.5) is 0 Å². The SMILES string of the molecule is NNC(COc1ccc(Cl)cc1)C1CCCCC1. The highest BCUT2D eigenvalue weighted by atomic mass is 35.5. The highest BCUT2D eigenvalue weighted by Crippen LogP contribution is 2.26. The Hall–Kier alpha value is -0.770. The van der Waals surface area contributed by atoms with Gasteiger partial charge in [0.2, 0.25) is 0 Å². The quantitative estimate of drug-likeness (QED) is 0.637. The number of rotatable bonds is 5. The van der Waals surface area contributed by atoms with Crippen LogP contribution in [0.2, 0.25) is 5.02 Å². The van der Waals surface area contributed by atoms with Crippen molar-refractivity contribution in [2.75, 3.05) is 6.61 Å². The number of ether oxygens (including phenoxy) is 1. The lowest BCUT2D eigenvalue weighted by molar-refractivity contribution is 0.186. The van der Waals surface area contributed by atoms with Crippen LogP contribution in [0.25, 0.3) is 0 Å². The number of hydrogen-bond acceptors (Lipinski definition) is 3. The molecule has 0 aromatic heterocycles. The highest BCUT2D eigenvalue weighted by Gasteiger charge is 2.23. The standard InChI is InChI=1S/C14H21ClN2O/c15-12-6-8-13(9-7-12)18-10-14(17-16)11-4-2-1-3-5-11/h6-9,11,14,17H,1-5,10,16H2. The summed E-state index contributed by atoms with van der Waals surface area (Å²) in [7, 11) is 0. The maximum atomic E-state index is 5.84. The van der Waals surface area contributed by atoms with E-state index in [4.69, 9.17) is 22.2 Å². The number of hydrogen-bond donors (Lipinski definition) is 2. The second kappa shape index (κ2) is 6.98. The second-order valence-electron chi connectivity index (χ2n) is 4.94. The number of nitrogens with one attached hydrogen (secondary N) is 1. The minimum Gasteiger partial charge on any atom is -0.492 e. The Morgan fingerprint density at radius 1 is 1.22 bits per heavy atom. The predicted octanol–water partition coefficient (Wildman–Crippen LogP) is 3.13. The molecule has 1 aliphatic carbocycles. The summed E-state index contributed by atoms with van der Waals surface area (Å²) in [5.41, 5.74) is 2.90. The molecule has 0 heterocycles. The van der Waals surface area contributed by atoms with E-state index in [1.807, 2.05) is 24.3 Å². The van der Waals surface area contributed by atoms with Crippen LogP contribution in [-0.2, 0) is 0 Å². The van der Waals surface area contributed by atoms with Crippen molar-refractivity contribution in [1.82, 2.24) is 5.43 Å². The van der Waals surface area contributed by atoms with Crippen molar-refractivity contribution in [3.63, 3.8) is 0 Å². The van der Waals surface area contributed by atoms with Gasteiger partial charge in [0, 0.05) is 5.02 Å². The van der Waals surface area contributed by atoms with Crippen LogP contribution in [0, 0.1) is 5.92 Å². The summed E-state index contributed by atoms with van der Waals surface area (Å²) in [5.74, 6) is 7.12.